The van der Waals surface area contributed by atoms with Crippen molar-refractivity contribution in [2.45, 2.75) is 19.9 Å². The van der Waals surface area contributed by atoms with E-state index in [0.29, 0.717) is 0 Å². The van der Waals surface area contributed by atoms with Crippen molar-refractivity contribution in [2.75, 3.05) is 13.7 Å². The Kier molecular flexibility index (Phi) is 5.12. The predicted octanol–water partition coefficient (Wildman–Crippen LogP) is 3.16. The summed E-state index contributed by atoms with van der Waals surface area (Å²) in [6, 6.07) is 16.5. The number of methoxy groups -OCH3 is 1. The number of hydrogen-bond donors (Lipinski definition) is 1. The van der Waals surface area contributed by atoms with Crippen LogP contribution >= 0.6 is 0 Å². The van der Waals surface area contributed by atoms with Crippen LogP contribution in [0.15, 0.2) is 48.5 Å². The number of rotatable bonds is 5. The van der Waals surface area contributed by atoms with Crippen LogP contribution in [0, 0.1) is 13.8 Å². The summed E-state index contributed by atoms with van der Waals surface area (Å²) in [5.41, 5.74) is 4.75. The summed E-state index contributed by atoms with van der Waals surface area (Å²) < 4.78 is 4.72. The fourth-order valence-electron chi connectivity index (χ4n) is 2.46. The number of esters is 1. The standard InChI is InChI=1S/C18H21NO2/c1-13-9-10-16(14(2)11-13)18(19-12-17(20)21-3)15-7-5-4-6-8-15/h4-11,18-19H,12H2,1-3H3. The van der Waals surface area contributed by atoms with Crippen LogP contribution in [0.25, 0.3) is 0 Å². The minimum Gasteiger partial charge on any atom is -0.468 e. The lowest BCUT2D eigenvalue weighted by Gasteiger charge is -2.21. The number of aryl methyl sites for hydroxylation is 2. The molecule has 21 heavy (non-hydrogen) atoms. The van der Waals surface area contributed by atoms with Crippen LogP contribution in [0.2, 0.25) is 0 Å². The maximum atomic E-state index is 11.4. The van der Waals surface area contributed by atoms with Gasteiger partial charge in [0, 0.05) is 0 Å². The van der Waals surface area contributed by atoms with Crippen LogP contribution in [-0.2, 0) is 9.53 Å². The number of carbonyl (C=O) groups excluding carboxylic acids is 1. The summed E-state index contributed by atoms with van der Waals surface area (Å²) in [4.78, 5) is 11.4. The second-order valence-corrected chi connectivity index (χ2v) is 5.16. The van der Waals surface area contributed by atoms with Gasteiger partial charge in [-0.3, -0.25) is 10.1 Å². The van der Waals surface area contributed by atoms with Gasteiger partial charge in [-0.1, -0.05) is 54.1 Å². The van der Waals surface area contributed by atoms with E-state index in [4.69, 9.17) is 4.74 Å². The van der Waals surface area contributed by atoms with Crippen LogP contribution < -0.4 is 5.32 Å². The highest BCUT2D eigenvalue weighted by atomic mass is 16.5. The molecule has 3 nitrogen and oxygen atoms in total. The largest absolute Gasteiger partial charge is 0.468 e. The third-order valence-corrected chi connectivity index (χ3v) is 3.55. The van der Waals surface area contributed by atoms with E-state index in [0.717, 1.165) is 5.56 Å². The van der Waals surface area contributed by atoms with Gasteiger partial charge in [-0.15, -0.1) is 0 Å². The number of carbonyl (C=O) groups is 1. The van der Waals surface area contributed by atoms with E-state index in [1.54, 1.807) is 0 Å². The first-order valence-electron chi connectivity index (χ1n) is 7.04. The molecule has 0 aliphatic carbocycles. The molecule has 0 aromatic heterocycles. The van der Waals surface area contributed by atoms with Gasteiger partial charge < -0.3 is 4.74 Å². The summed E-state index contributed by atoms with van der Waals surface area (Å²) in [5.74, 6) is -0.263. The van der Waals surface area contributed by atoms with Crippen molar-refractivity contribution in [1.29, 1.82) is 0 Å². The lowest BCUT2D eigenvalue weighted by atomic mass is 9.94. The minimum absolute atomic E-state index is 0.0223. The Morgan fingerprint density at radius 3 is 2.48 bits per heavy atom. The van der Waals surface area contributed by atoms with Gasteiger partial charge in [-0.2, -0.15) is 0 Å². The van der Waals surface area contributed by atoms with Crippen LogP contribution in [0.4, 0.5) is 0 Å². The van der Waals surface area contributed by atoms with Gasteiger partial charge >= 0.3 is 5.97 Å². The molecule has 2 aromatic carbocycles. The van der Waals surface area contributed by atoms with Gasteiger partial charge in [0.2, 0.25) is 0 Å². The Labute approximate surface area is 126 Å². The normalized spacial score (nSPS) is 12.0. The van der Waals surface area contributed by atoms with Crippen LogP contribution in [0.5, 0.6) is 0 Å². The Morgan fingerprint density at radius 1 is 1.14 bits per heavy atom. The molecule has 0 aliphatic rings. The maximum absolute atomic E-state index is 11.4. The summed E-state index contributed by atoms with van der Waals surface area (Å²) in [6.45, 7) is 4.36. The molecule has 0 bridgehead atoms. The van der Waals surface area contributed by atoms with Crippen molar-refractivity contribution in [2.24, 2.45) is 0 Å². The fraction of sp³-hybridized carbons (Fsp3) is 0.278. The van der Waals surface area contributed by atoms with E-state index in [1.165, 1.54) is 23.8 Å². The number of nitrogens with one attached hydrogen (secondary N) is 1. The lowest BCUT2D eigenvalue weighted by molar-refractivity contribution is -0.139. The molecule has 110 valence electrons. The summed E-state index contributed by atoms with van der Waals surface area (Å²) in [6.07, 6.45) is 0. The molecule has 1 unspecified atom stereocenters. The van der Waals surface area contributed by atoms with Crippen molar-refractivity contribution in [1.82, 2.24) is 5.32 Å². The zero-order valence-corrected chi connectivity index (χ0v) is 12.7. The van der Waals surface area contributed by atoms with Gasteiger partial charge in [0.1, 0.15) is 0 Å². The zero-order valence-electron chi connectivity index (χ0n) is 12.7. The minimum atomic E-state index is -0.263. The molecular weight excluding hydrogens is 262 g/mol. The third kappa shape index (κ3) is 3.92. The molecular formula is C18H21NO2. The quantitative estimate of drug-likeness (QED) is 0.857. The third-order valence-electron chi connectivity index (χ3n) is 3.55. The van der Waals surface area contributed by atoms with Gasteiger partial charge in [0.05, 0.1) is 19.7 Å². The van der Waals surface area contributed by atoms with E-state index < -0.39 is 0 Å². The van der Waals surface area contributed by atoms with Gasteiger partial charge in [0.15, 0.2) is 0 Å². The molecule has 0 radical (unpaired) electrons. The smallest absolute Gasteiger partial charge is 0.319 e. The van der Waals surface area contributed by atoms with Crippen LogP contribution in [-0.4, -0.2) is 19.6 Å². The molecule has 0 aliphatic heterocycles. The van der Waals surface area contributed by atoms with Crippen LogP contribution in [0.3, 0.4) is 0 Å². The number of benzene rings is 2. The second-order valence-electron chi connectivity index (χ2n) is 5.16. The number of hydrogen-bond acceptors (Lipinski definition) is 3. The Hall–Kier alpha value is -2.13. The van der Waals surface area contributed by atoms with Crippen molar-refractivity contribution in [3.05, 3.63) is 70.8 Å². The fourth-order valence-corrected chi connectivity index (χ4v) is 2.46. The average molecular weight is 283 g/mol. The second kappa shape index (κ2) is 7.04. The monoisotopic (exact) mass is 283 g/mol. The highest BCUT2D eigenvalue weighted by molar-refractivity contribution is 5.71. The zero-order chi connectivity index (χ0) is 15.2. The topological polar surface area (TPSA) is 38.3 Å². The van der Waals surface area contributed by atoms with Crippen molar-refractivity contribution in [3.8, 4) is 0 Å². The van der Waals surface area contributed by atoms with Crippen molar-refractivity contribution in [3.63, 3.8) is 0 Å². The van der Waals surface area contributed by atoms with E-state index in [-0.39, 0.29) is 18.6 Å². The first-order chi connectivity index (χ1) is 10.1. The molecule has 0 saturated carbocycles. The van der Waals surface area contributed by atoms with E-state index in [9.17, 15) is 4.79 Å². The molecule has 0 saturated heterocycles. The summed E-state index contributed by atoms with van der Waals surface area (Å²) in [5, 5.41) is 3.29. The molecule has 0 amide bonds. The number of ether oxygens (including phenoxy) is 1. The predicted molar refractivity (Wildman–Crippen MR) is 84.2 cm³/mol. The molecule has 0 fully saturated rings. The molecule has 0 heterocycles. The van der Waals surface area contributed by atoms with Crippen LogP contribution in [0.1, 0.15) is 28.3 Å². The molecule has 1 atom stereocenters. The Balaban J connectivity index is 2.33. The van der Waals surface area contributed by atoms with Gasteiger partial charge in [-0.25, -0.2) is 0 Å². The molecule has 3 heteroatoms. The highest BCUT2D eigenvalue weighted by Crippen LogP contribution is 2.25. The SMILES string of the molecule is COC(=O)CNC(c1ccccc1)c1ccc(C)cc1C. The van der Waals surface area contributed by atoms with Crippen molar-refractivity contribution < 1.29 is 9.53 Å². The Bertz CT molecular complexity index is 608. The molecule has 2 aromatic rings. The van der Waals surface area contributed by atoms with Crippen molar-refractivity contribution >= 4 is 5.97 Å². The molecule has 2 rings (SSSR count). The summed E-state index contributed by atoms with van der Waals surface area (Å²) in [7, 11) is 1.40. The maximum Gasteiger partial charge on any atom is 0.319 e. The highest BCUT2D eigenvalue weighted by Gasteiger charge is 2.17. The van der Waals surface area contributed by atoms with E-state index >= 15 is 0 Å². The average Bonchev–Trinajstić information content (AvgIpc) is 2.50. The first-order valence-corrected chi connectivity index (χ1v) is 7.04. The first kappa shape index (κ1) is 15.3. The summed E-state index contributed by atoms with van der Waals surface area (Å²) >= 11 is 0. The molecule has 1 N–H and O–H groups in total. The van der Waals surface area contributed by atoms with Gasteiger partial charge in [-0.05, 0) is 30.5 Å². The van der Waals surface area contributed by atoms with E-state index in [2.05, 4.69) is 49.5 Å². The van der Waals surface area contributed by atoms with E-state index in [1.807, 2.05) is 18.2 Å². The Morgan fingerprint density at radius 2 is 1.86 bits per heavy atom. The lowest BCUT2D eigenvalue weighted by Crippen LogP contribution is -2.29. The van der Waals surface area contributed by atoms with Gasteiger partial charge in [0.25, 0.3) is 0 Å². The molecule has 0 spiro atoms.